The number of fused-ring (bicyclic) bond motifs is 1. The number of nitrogens with one attached hydrogen (secondary N) is 1. The number of hydrogen-bond acceptors (Lipinski definition) is 3. The first-order valence-electron chi connectivity index (χ1n) is 5.63. The van der Waals surface area contributed by atoms with Crippen molar-refractivity contribution >= 4 is 21.8 Å². The van der Waals surface area contributed by atoms with Gasteiger partial charge in [0.25, 0.3) is 0 Å². The largest absolute Gasteiger partial charge is 0.454 e. The number of ether oxygens (including phenoxy) is 2. The first-order valence-corrected chi connectivity index (χ1v) is 6.43. The van der Waals surface area contributed by atoms with Crippen molar-refractivity contribution in [3.8, 4) is 11.5 Å². The fourth-order valence-corrected chi connectivity index (χ4v) is 1.78. The van der Waals surface area contributed by atoms with Crippen molar-refractivity contribution in [3.05, 3.63) is 34.8 Å². The number of halogens is 1. The van der Waals surface area contributed by atoms with Gasteiger partial charge in [-0.25, -0.2) is 0 Å². The topological polar surface area (TPSA) is 47.6 Å². The monoisotopic (exact) mass is 311 g/mol. The highest BCUT2D eigenvalue weighted by Gasteiger charge is 2.13. The molecule has 0 saturated carbocycles. The molecule has 0 atom stereocenters. The van der Waals surface area contributed by atoms with E-state index in [1.165, 1.54) is 0 Å². The molecule has 0 aliphatic carbocycles. The van der Waals surface area contributed by atoms with Crippen LogP contribution in [-0.2, 0) is 11.2 Å². The number of amides is 1. The second kappa shape index (κ2) is 5.91. The molecule has 1 aliphatic rings. The molecule has 1 aromatic rings. The van der Waals surface area contributed by atoms with Crippen LogP contribution >= 0.6 is 15.9 Å². The maximum Gasteiger partial charge on any atom is 0.231 e. The molecule has 1 heterocycles. The summed E-state index contributed by atoms with van der Waals surface area (Å²) in [6.45, 7) is 4.38. The molecule has 0 saturated heterocycles. The van der Waals surface area contributed by atoms with Gasteiger partial charge in [-0.3, -0.25) is 4.79 Å². The van der Waals surface area contributed by atoms with Crippen LogP contribution in [0.25, 0.3) is 0 Å². The Hall–Kier alpha value is -1.49. The average Bonchev–Trinajstić information content (AvgIpc) is 2.81. The van der Waals surface area contributed by atoms with Gasteiger partial charge in [-0.15, -0.1) is 0 Å². The van der Waals surface area contributed by atoms with E-state index in [4.69, 9.17) is 9.47 Å². The standard InChI is InChI=1S/C13H14BrNO3/c1-9(14)7-15-13(16)5-3-10-2-4-11-12(6-10)18-8-17-11/h2,4,6H,1,3,5,7-8H2,(H,15,16). The number of hydrogen-bond donors (Lipinski definition) is 1. The van der Waals surface area contributed by atoms with Gasteiger partial charge in [-0.05, 0) is 24.1 Å². The normalized spacial score (nSPS) is 12.3. The highest BCUT2D eigenvalue weighted by atomic mass is 79.9. The van der Waals surface area contributed by atoms with E-state index in [-0.39, 0.29) is 12.7 Å². The Morgan fingerprint density at radius 1 is 1.39 bits per heavy atom. The lowest BCUT2D eigenvalue weighted by Crippen LogP contribution is -2.24. The zero-order valence-electron chi connectivity index (χ0n) is 9.87. The summed E-state index contributed by atoms with van der Waals surface area (Å²) in [5, 5.41) is 2.76. The van der Waals surface area contributed by atoms with Gasteiger partial charge < -0.3 is 14.8 Å². The summed E-state index contributed by atoms with van der Waals surface area (Å²) >= 11 is 3.19. The highest BCUT2D eigenvalue weighted by molar-refractivity contribution is 9.11. The average molecular weight is 312 g/mol. The van der Waals surface area contributed by atoms with Crippen molar-refractivity contribution in [2.45, 2.75) is 12.8 Å². The molecule has 1 amide bonds. The first kappa shape index (κ1) is 13.0. The molecule has 1 aliphatic heterocycles. The van der Waals surface area contributed by atoms with E-state index < -0.39 is 0 Å². The molecule has 0 aromatic heterocycles. The molecule has 0 bridgehead atoms. The number of aryl methyl sites for hydroxylation is 1. The van der Waals surface area contributed by atoms with Gasteiger partial charge >= 0.3 is 0 Å². The molecule has 2 rings (SSSR count). The molecular formula is C13H14BrNO3. The smallest absolute Gasteiger partial charge is 0.231 e. The summed E-state index contributed by atoms with van der Waals surface area (Å²) < 4.78 is 11.3. The Bertz CT molecular complexity index is 473. The van der Waals surface area contributed by atoms with Gasteiger partial charge in [-0.2, -0.15) is 0 Å². The van der Waals surface area contributed by atoms with E-state index >= 15 is 0 Å². The van der Waals surface area contributed by atoms with Crippen LogP contribution in [-0.4, -0.2) is 19.2 Å². The van der Waals surface area contributed by atoms with Gasteiger partial charge in [0.1, 0.15) is 0 Å². The molecule has 96 valence electrons. The van der Waals surface area contributed by atoms with Crippen LogP contribution in [0.2, 0.25) is 0 Å². The molecular weight excluding hydrogens is 298 g/mol. The fraction of sp³-hybridized carbons (Fsp3) is 0.308. The predicted octanol–water partition coefficient (Wildman–Crippen LogP) is 2.37. The zero-order valence-corrected chi connectivity index (χ0v) is 11.5. The van der Waals surface area contributed by atoms with E-state index in [1.54, 1.807) is 0 Å². The lowest BCUT2D eigenvalue weighted by Gasteiger charge is -2.05. The molecule has 1 N–H and O–H groups in total. The molecule has 1 aromatic carbocycles. The summed E-state index contributed by atoms with van der Waals surface area (Å²) in [6.07, 6.45) is 1.12. The van der Waals surface area contributed by atoms with E-state index in [0.29, 0.717) is 19.4 Å². The zero-order chi connectivity index (χ0) is 13.0. The maximum absolute atomic E-state index is 11.5. The summed E-state index contributed by atoms with van der Waals surface area (Å²) in [7, 11) is 0. The van der Waals surface area contributed by atoms with Crippen molar-refractivity contribution in [2.75, 3.05) is 13.3 Å². The Kier molecular flexibility index (Phi) is 4.25. The van der Waals surface area contributed by atoms with Gasteiger partial charge in [0.2, 0.25) is 12.7 Å². The summed E-state index contributed by atoms with van der Waals surface area (Å²) in [4.78, 5) is 11.5. The van der Waals surface area contributed by atoms with Crippen molar-refractivity contribution in [2.24, 2.45) is 0 Å². The summed E-state index contributed by atoms with van der Waals surface area (Å²) in [5.74, 6) is 1.52. The van der Waals surface area contributed by atoms with E-state index in [0.717, 1.165) is 21.5 Å². The summed E-state index contributed by atoms with van der Waals surface area (Å²) in [5.41, 5.74) is 1.06. The highest BCUT2D eigenvalue weighted by Crippen LogP contribution is 2.32. The number of carbonyl (C=O) groups is 1. The minimum Gasteiger partial charge on any atom is -0.454 e. The van der Waals surface area contributed by atoms with Crippen LogP contribution < -0.4 is 14.8 Å². The minimum atomic E-state index is 0.00765. The Morgan fingerprint density at radius 2 is 2.17 bits per heavy atom. The van der Waals surface area contributed by atoms with Gasteiger partial charge in [-0.1, -0.05) is 28.6 Å². The van der Waals surface area contributed by atoms with Crippen molar-refractivity contribution < 1.29 is 14.3 Å². The van der Waals surface area contributed by atoms with Crippen LogP contribution in [0.4, 0.5) is 0 Å². The molecule has 4 nitrogen and oxygen atoms in total. The van der Waals surface area contributed by atoms with Crippen molar-refractivity contribution in [3.63, 3.8) is 0 Å². The molecule has 0 unspecified atom stereocenters. The minimum absolute atomic E-state index is 0.00765. The predicted molar refractivity (Wildman–Crippen MR) is 72.0 cm³/mol. The first-order chi connectivity index (χ1) is 8.65. The van der Waals surface area contributed by atoms with Crippen LogP contribution in [0.3, 0.4) is 0 Å². The van der Waals surface area contributed by atoms with Gasteiger partial charge in [0, 0.05) is 17.4 Å². The lowest BCUT2D eigenvalue weighted by molar-refractivity contribution is -0.120. The Morgan fingerprint density at radius 3 is 2.94 bits per heavy atom. The molecule has 0 radical (unpaired) electrons. The number of rotatable bonds is 5. The Balaban J connectivity index is 1.83. The third-order valence-electron chi connectivity index (χ3n) is 2.56. The van der Waals surface area contributed by atoms with Crippen LogP contribution in [0.1, 0.15) is 12.0 Å². The van der Waals surface area contributed by atoms with E-state index in [9.17, 15) is 4.79 Å². The van der Waals surface area contributed by atoms with E-state index in [1.807, 2.05) is 18.2 Å². The SMILES string of the molecule is C=C(Br)CNC(=O)CCc1ccc2c(c1)OCO2. The number of benzene rings is 1. The Labute approximate surface area is 114 Å². The van der Waals surface area contributed by atoms with Crippen LogP contribution in [0.5, 0.6) is 11.5 Å². The lowest BCUT2D eigenvalue weighted by atomic mass is 10.1. The molecule has 18 heavy (non-hydrogen) atoms. The second-order valence-electron chi connectivity index (χ2n) is 3.98. The molecule has 0 fully saturated rings. The van der Waals surface area contributed by atoms with Crippen LogP contribution in [0, 0.1) is 0 Å². The third-order valence-corrected chi connectivity index (χ3v) is 2.84. The van der Waals surface area contributed by atoms with Crippen LogP contribution in [0.15, 0.2) is 29.3 Å². The molecule has 5 heteroatoms. The maximum atomic E-state index is 11.5. The van der Waals surface area contributed by atoms with Gasteiger partial charge in [0.15, 0.2) is 11.5 Å². The second-order valence-corrected chi connectivity index (χ2v) is 5.10. The molecule has 0 spiro atoms. The summed E-state index contributed by atoms with van der Waals surface area (Å²) in [6, 6.07) is 5.74. The van der Waals surface area contributed by atoms with Crippen molar-refractivity contribution in [1.29, 1.82) is 0 Å². The fourth-order valence-electron chi connectivity index (χ4n) is 1.64. The number of carbonyl (C=O) groups excluding carboxylic acids is 1. The van der Waals surface area contributed by atoms with E-state index in [2.05, 4.69) is 27.8 Å². The van der Waals surface area contributed by atoms with Gasteiger partial charge in [0.05, 0.1) is 0 Å². The quantitative estimate of drug-likeness (QED) is 0.908. The third kappa shape index (κ3) is 3.50. The van der Waals surface area contributed by atoms with Crippen molar-refractivity contribution in [1.82, 2.24) is 5.32 Å².